The van der Waals surface area contributed by atoms with Crippen molar-refractivity contribution < 1.29 is 31.7 Å². The Morgan fingerprint density at radius 2 is 1.72 bits per heavy atom. The van der Waals surface area contributed by atoms with Crippen LogP contribution in [0.25, 0.3) is 6.08 Å². The average Bonchev–Trinajstić information content (AvgIpc) is 2.89. The summed E-state index contributed by atoms with van der Waals surface area (Å²) in [6, 6.07) is 13.6. The van der Waals surface area contributed by atoms with Gasteiger partial charge in [0.1, 0.15) is 10.5 Å². The number of barbiturate groups is 1. The second-order valence-electron chi connectivity index (χ2n) is 8.10. The molecule has 0 bridgehead atoms. The molecule has 3 aromatic rings. The number of imide groups is 2. The number of urea groups is 1. The fourth-order valence-electron chi connectivity index (χ4n) is 3.76. The molecule has 3 aromatic carbocycles. The maximum Gasteiger partial charge on any atom is 0.339 e. The summed E-state index contributed by atoms with van der Waals surface area (Å²) in [4.78, 5) is 39.0. The first kappa shape index (κ1) is 27.9. The number of hydrogen-bond acceptors (Lipinski definition) is 7. The lowest BCUT2D eigenvalue weighted by molar-refractivity contribution is -0.122. The number of rotatable bonds is 8. The Labute approximate surface area is 234 Å². The highest BCUT2D eigenvalue weighted by Crippen LogP contribution is 2.37. The van der Waals surface area contributed by atoms with Crippen molar-refractivity contribution in [1.82, 2.24) is 5.32 Å². The van der Waals surface area contributed by atoms with Crippen LogP contribution in [0.2, 0.25) is 10.0 Å². The van der Waals surface area contributed by atoms with E-state index >= 15 is 0 Å². The first-order chi connectivity index (χ1) is 18.6. The van der Waals surface area contributed by atoms with Crippen molar-refractivity contribution in [3.63, 3.8) is 0 Å². The van der Waals surface area contributed by atoms with Crippen molar-refractivity contribution in [1.29, 1.82) is 0 Å². The molecule has 0 aromatic heterocycles. The number of halogens is 2. The van der Waals surface area contributed by atoms with Crippen LogP contribution in [-0.2, 0) is 26.1 Å². The van der Waals surface area contributed by atoms with Crippen molar-refractivity contribution in [2.24, 2.45) is 0 Å². The van der Waals surface area contributed by atoms with Crippen LogP contribution in [0.5, 0.6) is 11.5 Å². The topological polar surface area (TPSA) is 119 Å². The van der Waals surface area contributed by atoms with E-state index in [0.717, 1.165) is 4.90 Å². The SMILES string of the molecule is C=CCc1cc(/C=C2\C(=O)NC(=O)N(c3ccccc3Cl)C2=O)cc(OC)c1OS(=O)(=O)c1ccc(Cl)cc1. The molecule has 0 aliphatic carbocycles. The smallest absolute Gasteiger partial charge is 0.339 e. The molecule has 4 amide bonds. The normalized spacial score (nSPS) is 14.8. The predicted octanol–water partition coefficient (Wildman–Crippen LogP) is 5.16. The summed E-state index contributed by atoms with van der Waals surface area (Å²) >= 11 is 12.0. The van der Waals surface area contributed by atoms with Crippen molar-refractivity contribution in [3.8, 4) is 11.5 Å². The van der Waals surface area contributed by atoms with E-state index in [0.29, 0.717) is 16.1 Å². The molecule has 1 aliphatic rings. The molecule has 9 nitrogen and oxygen atoms in total. The lowest BCUT2D eigenvalue weighted by Gasteiger charge is -2.27. The van der Waals surface area contributed by atoms with Crippen LogP contribution < -0.4 is 19.1 Å². The molecule has 0 spiro atoms. The highest BCUT2D eigenvalue weighted by molar-refractivity contribution is 7.87. The number of nitrogens with zero attached hydrogens (tertiary/aromatic N) is 1. The summed E-state index contributed by atoms with van der Waals surface area (Å²) in [6.07, 6.45) is 2.92. The van der Waals surface area contributed by atoms with E-state index in [4.69, 9.17) is 32.1 Å². The maximum atomic E-state index is 13.3. The third-order valence-electron chi connectivity index (χ3n) is 5.54. The fourth-order valence-corrected chi connectivity index (χ4v) is 5.08. The third kappa shape index (κ3) is 5.83. The van der Waals surface area contributed by atoms with Crippen LogP contribution >= 0.6 is 23.2 Å². The number of allylic oxidation sites excluding steroid dienone is 1. The molecule has 0 radical (unpaired) electrons. The molecular formula is C27H20Cl2N2O7S. The second kappa shape index (κ2) is 11.3. The van der Waals surface area contributed by atoms with Crippen molar-refractivity contribution in [2.45, 2.75) is 11.3 Å². The number of anilines is 1. The Balaban J connectivity index is 1.77. The van der Waals surface area contributed by atoms with Crippen molar-refractivity contribution >= 4 is 62.9 Å². The molecule has 0 atom stereocenters. The number of amides is 4. The number of carbonyl (C=O) groups is 3. The summed E-state index contributed by atoms with van der Waals surface area (Å²) < 4.78 is 36.7. The highest BCUT2D eigenvalue weighted by atomic mass is 35.5. The van der Waals surface area contributed by atoms with Gasteiger partial charge in [0.15, 0.2) is 11.5 Å². The zero-order chi connectivity index (χ0) is 28.3. The predicted molar refractivity (Wildman–Crippen MR) is 147 cm³/mol. The first-order valence-corrected chi connectivity index (χ1v) is 13.4. The van der Waals surface area contributed by atoms with Gasteiger partial charge in [-0.3, -0.25) is 14.9 Å². The Bertz CT molecular complexity index is 1630. The van der Waals surface area contributed by atoms with Gasteiger partial charge in [-0.15, -0.1) is 6.58 Å². The molecule has 1 aliphatic heterocycles. The lowest BCUT2D eigenvalue weighted by atomic mass is 10.0. The zero-order valence-electron chi connectivity index (χ0n) is 20.3. The minimum absolute atomic E-state index is 0.0152. The second-order valence-corrected chi connectivity index (χ2v) is 10.5. The average molecular weight is 587 g/mol. The Kier molecular flexibility index (Phi) is 8.10. The molecule has 1 fully saturated rings. The van der Waals surface area contributed by atoms with Crippen LogP contribution in [0.15, 0.2) is 83.8 Å². The quantitative estimate of drug-likeness (QED) is 0.167. The number of hydrogen-bond donors (Lipinski definition) is 1. The third-order valence-corrected chi connectivity index (χ3v) is 7.35. The van der Waals surface area contributed by atoms with Gasteiger partial charge in [0, 0.05) is 10.6 Å². The molecular weight excluding hydrogens is 567 g/mol. The van der Waals surface area contributed by atoms with Gasteiger partial charge in [0.05, 0.1) is 17.8 Å². The van der Waals surface area contributed by atoms with Crippen LogP contribution in [0.1, 0.15) is 11.1 Å². The van der Waals surface area contributed by atoms with Crippen LogP contribution in [0.3, 0.4) is 0 Å². The standard InChI is InChI=1S/C27H20Cl2N2O7S/c1-3-6-17-13-16(15-23(37-2)24(17)38-39(35,36)19-11-9-18(28)10-12-19)14-20-25(32)30-27(34)31(26(20)33)22-8-5-4-7-21(22)29/h3-5,7-15H,1,6H2,2H3,(H,30,32,34)/b20-14+. The summed E-state index contributed by atoms with van der Waals surface area (Å²) in [5, 5.41) is 2.61. The molecule has 1 saturated heterocycles. The van der Waals surface area contributed by atoms with Gasteiger partial charge in [-0.05, 0) is 66.6 Å². The number of benzene rings is 3. The first-order valence-electron chi connectivity index (χ1n) is 11.2. The zero-order valence-corrected chi connectivity index (χ0v) is 22.6. The fraction of sp³-hybridized carbons (Fsp3) is 0.0741. The van der Waals surface area contributed by atoms with E-state index in [2.05, 4.69) is 11.9 Å². The van der Waals surface area contributed by atoms with Crippen molar-refractivity contribution in [2.75, 3.05) is 12.0 Å². The van der Waals surface area contributed by atoms with Crippen LogP contribution in [0.4, 0.5) is 10.5 Å². The van der Waals surface area contributed by atoms with Gasteiger partial charge in [-0.25, -0.2) is 9.69 Å². The van der Waals surface area contributed by atoms with E-state index in [1.54, 1.807) is 12.1 Å². The van der Waals surface area contributed by atoms with E-state index in [9.17, 15) is 22.8 Å². The van der Waals surface area contributed by atoms with Gasteiger partial charge in [0.2, 0.25) is 0 Å². The number of carbonyl (C=O) groups excluding carboxylic acids is 3. The Morgan fingerprint density at radius 1 is 1.03 bits per heavy atom. The van der Waals surface area contributed by atoms with Crippen LogP contribution in [-0.4, -0.2) is 33.4 Å². The summed E-state index contributed by atoms with van der Waals surface area (Å²) in [5.74, 6) is -1.89. The summed E-state index contributed by atoms with van der Waals surface area (Å²) in [5.41, 5.74) is 0.382. The number of nitrogens with one attached hydrogen (secondary N) is 1. The molecule has 0 saturated carbocycles. The molecule has 12 heteroatoms. The number of ether oxygens (including phenoxy) is 1. The highest BCUT2D eigenvalue weighted by Gasteiger charge is 2.37. The maximum absolute atomic E-state index is 13.3. The molecule has 1 heterocycles. The molecule has 4 rings (SSSR count). The monoisotopic (exact) mass is 586 g/mol. The number of para-hydroxylation sites is 1. The van der Waals surface area contributed by atoms with Crippen molar-refractivity contribution in [3.05, 3.63) is 100 Å². The van der Waals surface area contributed by atoms with Gasteiger partial charge < -0.3 is 8.92 Å². The van der Waals surface area contributed by atoms with E-state index in [1.807, 2.05) is 0 Å². The largest absolute Gasteiger partial charge is 0.493 e. The van der Waals surface area contributed by atoms with Gasteiger partial charge in [-0.1, -0.05) is 41.4 Å². The van der Waals surface area contributed by atoms with Gasteiger partial charge in [-0.2, -0.15) is 8.42 Å². The van der Waals surface area contributed by atoms with E-state index in [1.165, 1.54) is 67.8 Å². The van der Waals surface area contributed by atoms with Gasteiger partial charge >= 0.3 is 16.1 Å². The molecule has 1 N–H and O–H groups in total. The summed E-state index contributed by atoms with van der Waals surface area (Å²) in [6.45, 7) is 3.70. The summed E-state index contributed by atoms with van der Waals surface area (Å²) in [7, 11) is -2.96. The van der Waals surface area contributed by atoms with E-state index < -0.39 is 28.0 Å². The van der Waals surface area contributed by atoms with Crippen LogP contribution in [0, 0.1) is 0 Å². The molecule has 39 heavy (non-hydrogen) atoms. The molecule has 200 valence electrons. The Morgan fingerprint density at radius 3 is 2.36 bits per heavy atom. The lowest BCUT2D eigenvalue weighted by Crippen LogP contribution is -2.54. The minimum atomic E-state index is -4.27. The Hall–Kier alpha value is -4.12. The minimum Gasteiger partial charge on any atom is -0.493 e. The molecule has 0 unspecified atom stereocenters. The number of methoxy groups -OCH3 is 1. The van der Waals surface area contributed by atoms with Gasteiger partial charge in [0.25, 0.3) is 11.8 Å². The van der Waals surface area contributed by atoms with E-state index in [-0.39, 0.29) is 39.1 Å².